The number of urea groups is 1. The molecule has 6 heteroatoms. The molecular formula is C13H19N3O3. The second-order valence-electron chi connectivity index (χ2n) is 4.29. The van der Waals surface area contributed by atoms with Crippen LogP contribution in [0.3, 0.4) is 0 Å². The van der Waals surface area contributed by atoms with Crippen molar-refractivity contribution in [2.75, 3.05) is 18.4 Å². The SMILES string of the molecule is Cc1cc(NC(=O)NCCCN)cc(C(=O)O)c1C. The van der Waals surface area contributed by atoms with Gasteiger partial charge in [0.15, 0.2) is 0 Å². The third-order valence-corrected chi connectivity index (χ3v) is 2.82. The molecule has 19 heavy (non-hydrogen) atoms. The molecule has 0 saturated heterocycles. The normalized spacial score (nSPS) is 10.1. The van der Waals surface area contributed by atoms with Crippen LogP contribution in [0.25, 0.3) is 0 Å². The fourth-order valence-electron chi connectivity index (χ4n) is 1.63. The molecule has 0 aromatic heterocycles. The van der Waals surface area contributed by atoms with E-state index in [1.165, 1.54) is 6.07 Å². The summed E-state index contributed by atoms with van der Waals surface area (Å²) in [6.45, 7) is 4.54. The van der Waals surface area contributed by atoms with Gasteiger partial charge in [-0.3, -0.25) is 0 Å². The molecule has 1 aromatic rings. The van der Waals surface area contributed by atoms with Gasteiger partial charge in [-0.25, -0.2) is 9.59 Å². The summed E-state index contributed by atoms with van der Waals surface area (Å²) in [4.78, 5) is 22.6. The number of carbonyl (C=O) groups excluding carboxylic acids is 1. The fourth-order valence-corrected chi connectivity index (χ4v) is 1.63. The Hall–Kier alpha value is -2.08. The van der Waals surface area contributed by atoms with E-state index in [4.69, 9.17) is 10.8 Å². The summed E-state index contributed by atoms with van der Waals surface area (Å²) in [7, 11) is 0. The quantitative estimate of drug-likeness (QED) is 0.605. The smallest absolute Gasteiger partial charge is 0.336 e. The van der Waals surface area contributed by atoms with Crippen molar-refractivity contribution in [2.45, 2.75) is 20.3 Å². The topological polar surface area (TPSA) is 104 Å². The lowest BCUT2D eigenvalue weighted by molar-refractivity contribution is 0.0696. The van der Waals surface area contributed by atoms with Crippen molar-refractivity contribution in [2.24, 2.45) is 5.73 Å². The number of hydrogen-bond donors (Lipinski definition) is 4. The summed E-state index contributed by atoms with van der Waals surface area (Å²) < 4.78 is 0. The van der Waals surface area contributed by atoms with E-state index in [2.05, 4.69) is 10.6 Å². The molecule has 0 spiro atoms. The van der Waals surface area contributed by atoms with Crippen LogP contribution in [0, 0.1) is 13.8 Å². The number of amides is 2. The standard InChI is InChI=1S/C13H19N3O3/c1-8-6-10(7-11(9(8)2)12(17)18)16-13(19)15-5-3-4-14/h6-7H,3-5,14H2,1-2H3,(H,17,18)(H2,15,16,19). The first-order valence-electron chi connectivity index (χ1n) is 6.05. The third-order valence-electron chi connectivity index (χ3n) is 2.82. The van der Waals surface area contributed by atoms with Crippen LogP contribution in [0.5, 0.6) is 0 Å². The summed E-state index contributed by atoms with van der Waals surface area (Å²) in [5.74, 6) is -1.01. The van der Waals surface area contributed by atoms with Crippen LogP contribution in [0.4, 0.5) is 10.5 Å². The Bertz CT molecular complexity index is 486. The molecule has 0 aliphatic carbocycles. The summed E-state index contributed by atoms with van der Waals surface area (Å²) >= 11 is 0. The first kappa shape index (κ1) is 15.0. The van der Waals surface area contributed by atoms with Gasteiger partial charge in [0.2, 0.25) is 0 Å². The first-order chi connectivity index (χ1) is 8.95. The molecule has 104 valence electrons. The van der Waals surface area contributed by atoms with Gasteiger partial charge in [0.1, 0.15) is 0 Å². The zero-order valence-electron chi connectivity index (χ0n) is 11.1. The van der Waals surface area contributed by atoms with Crippen LogP contribution in [0.2, 0.25) is 0 Å². The summed E-state index contributed by atoms with van der Waals surface area (Å²) in [5, 5.41) is 14.3. The minimum atomic E-state index is -1.01. The van der Waals surface area contributed by atoms with Gasteiger partial charge in [-0.15, -0.1) is 0 Å². The van der Waals surface area contributed by atoms with E-state index >= 15 is 0 Å². The number of nitrogens with one attached hydrogen (secondary N) is 2. The number of hydrogen-bond acceptors (Lipinski definition) is 3. The number of nitrogens with two attached hydrogens (primary N) is 1. The predicted molar refractivity (Wildman–Crippen MR) is 73.6 cm³/mol. The largest absolute Gasteiger partial charge is 0.478 e. The Morgan fingerprint density at radius 3 is 2.58 bits per heavy atom. The zero-order chi connectivity index (χ0) is 14.4. The Balaban J connectivity index is 2.79. The number of rotatable bonds is 5. The summed E-state index contributed by atoms with van der Waals surface area (Å²) in [6, 6.07) is 2.82. The Labute approximate surface area is 112 Å². The molecule has 0 heterocycles. The van der Waals surface area contributed by atoms with Gasteiger partial charge in [-0.1, -0.05) is 0 Å². The zero-order valence-corrected chi connectivity index (χ0v) is 11.1. The molecular weight excluding hydrogens is 246 g/mol. The maximum Gasteiger partial charge on any atom is 0.336 e. The number of carbonyl (C=O) groups is 2. The molecule has 2 amide bonds. The Morgan fingerprint density at radius 2 is 2.00 bits per heavy atom. The van der Waals surface area contributed by atoms with Crippen LogP contribution < -0.4 is 16.4 Å². The van der Waals surface area contributed by atoms with E-state index in [0.717, 1.165) is 5.56 Å². The Morgan fingerprint density at radius 1 is 1.32 bits per heavy atom. The van der Waals surface area contributed by atoms with Crippen LogP contribution >= 0.6 is 0 Å². The lowest BCUT2D eigenvalue weighted by Gasteiger charge is -2.11. The highest BCUT2D eigenvalue weighted by atomic mass is 16.4. The van der Waals surface area contributed by atoms with Crippen molar-refractivity contribution in [3.8, 4) is 0 Å². The van der Waals surface area contributed by atoms with E-state index in [0.29, 0.717) is 30.8 Å². The lowest BCUT2D eigenvalue weighted by atomic mass is 10.0. The van der Waals surface area contributed by atoms with Gasteiger partial charge in [0.05, 0.1) is 5.56 Å². The number of anilines is 1. The van der Waals surface area contributed by atoms with Crippen molar-refractivity contribution >= 4 is 17.7 Å². The van der Waals surface area contributed by atoms with Crippen LogP contribution in [0.15, 0.2) is 12.1 Å². The van der Waals surface area contributed by atoms with Crippen molar-refractivity contribution in [3.63, 3.8) is 0 Å². The molecule has 0 unspecified atom stereocenters. The molecule has 1 aromatic carbocycles. The third kappa shape index (κ3) is 4.26. The maximum atomic E-state index is 11.6. The van der Waals surface area contributed by atoms with E-state index in [1.54, 1.807) is 19.9 Å². The predicted octanol–water partition coefficient (Wildman–Crippen LogP) is 1.47. The van der Waals surface area contributed by atoms with E-state index < -0.39 is 5.97 Å². The van der Waals surface area contributed by atoms with Crippen molar-refractivity contribution in [1.29, 1.82) is 0 Å². The molecule has 1 rings (SSSR count). The van der Waals surface area contributed by atoms with E-state index in [9.17, 15) is 9.59 Å². The van der Waals surface area contributed by atoms with Gasteiger partial charge in [-0.05, 0) is 50.1 Å². The number of benzene rings is 1. The first-order valence-corrected chi connectivity index (χ1v) is 6.05. The van der Waals surface area contributed by atoms with E-state index in [1.807, 2.05) is 0 Å². The van der Waals surface area contributed by atoms with Gasteiger partial charge < -0.3 is 21.5 Å². The molecule has 0 bridgehead atoms. The molecule has 0 saturated carbocycles. The molecule has 6 nitrogen and oxygen atoms in total. The minimum absolute atomic E-state index is 0.192. The average Bonchev–Trinajstić information content (AvgIpc) is 2.33. The van der Waals surface area contributed by atoms with Crippen molar-refractivity contribution < 1.29 is 14.7 Å². The second-order valence-corrected chi connectivity index (χ2v) is 4.29. The summed E-state index contributed by atoms with van der Waals surface area (Å²) in [5.41, 5.74) is 7.49. The monoisotopic (exact) mass is 265 g/mol. The van der Waals surface area contributed by atoms with Gasteiger partial charge >= 0.3 is 12.0 Å². The van der Waals surface area contributed by atoms with Gasteiger partial charge in [-0.2, -0.15) is 0 Å². The van der Waals surface area contributed by atoms with Crippen molar-refractivity contribution in [3.05, 3.63) is 28.8 Å². The number of aryl methyl sites for hydroxylation is 1. The van der Waals surface area contributed by atoms with Crippen molar-refractivity contribution in [1.82, 2.24) is 5.32 Å². The highest BCUT2D eigenvalue weighted by Gasteiger charge is 2.12. The average molecular weight is 265 g/mol. The molecule has 0 radical (unpaired) electrons. The lowest BCUT2D eigenvalue weighted by Crippen LogP contribution is -2.30. The Kier molecular flexibility index (Phi) is 5.32. The highest BCUT2D eigenvalue weighted by molar-refractivity contribution is 5.94. The molecule has 5 N–H and O–H groups in total. The number of carboxylic acids is 1. The molecule has 0 aliphatic rings. The molecule has 0 fully saturated rings. The number of aromatic carboxylic acids is 1. The molecule has 0 aliphatic heterocycles. The molecule has 0 atom stereocenters. The van der Waals surface area contributed by atoms with Crippen LogP contribution in [-0.2, 0) is 0 Å². The van der Waals surface area contributed by atoms with Gasteiger partial charge in [0, 0.05) is 12.2 Å². The minimum Gasteiger partial charge on any atom is -0.478 e. The summed E-state index contributed by atoms with van der Waals surface area (Å²) in [6.07, 6.45) is 0.695. The van der Waals surface area contributed by atoms with Crippen LogP contribution in [0.1, 0.15) is 27.9 Å². The highest BCUT2D eigenvalue weighted by Crippen LogP contribution is 2.19. The fraction of sp³-hybridized carbons (Fsp3) is 0.385. The maximum absolute atomic E-state index is 11.6. The van der Waals surface area contributed by atoms with Crippen LogP contribution in [-0.4, -0.2) is 30.2 Å². The van der Waals surface area contributed by atoms with E-state index in [-0.39, 0.29) is 11.6 Å². The second kappa shape index (κ2) is 6.75. The van der Waals surface area contributed by atoms with Gasteiger partial charge in [0.25, 0.3) is 0 Å². The number of carboxylic acid groups (broad SMARTS) is 1.